The van der Waals surface area contributed by atoms with Gasteiger partial charge in [-0.15, -0.1) is 0 Å². The minimum Gasteiger partial charge on any atom is -0.488 e. The predicted octanol–water partition coefficient (Wildman–Crippen LogP) is 2.10. The maximum absolute atomic E-state index is 8.59. The molecule has 0 aliphatic heterocycles. The van der Waals surface area contributed by atoms with E-state index in [1.54, 1.807) is 12.3 Å². The molecule has 0 bridgehead atoms. The summed E-state index contributed by atoms with van der Waals surface area (Å²) in [5, 5.41) is 8.59. The van der Waals surface area contributed by atoms with Gasteiger partial charge in [0.25, 0.3) is 0 Å². The number of hydrogen-bond donors (Lipinski definition) is 0. The van der Waals surface area contributed by atoms with Crippen molar-refractivity contribution in [1.82, 2.24) is 4.98 Å². The van der Waals surface area contributed by atoms with Gasteiger partial charge in [-0.05, 0) is 41.5 Å². The zero-order chi connectivity index (χ0) is 9.26. The van der Waals surface area contributed by atoms with Gasteiger partial charge in [-0.3, -0.25) is 0 Å². The van der Waals surface area contributed by atoms with Gasteiger partial charge in [-0.1, -0.05) is 0 Å². The van der Waals surface area contributed by atoms with Crippen LogP contribution in [0.25, 0.3) is 0 Å². The fourth-order valence-corrected chi connectivity index (χ4v) is 1.49. The third-order valence-corrected chi connectivity index (χ3v) is 2.60. The largest absolute Gasteiger partial charge is 0.488 e. The highest BCUT2D eigenvalue weighted by atomic mass is 127. The Morgan fingerprint density at radius 2 is 2.38 bits per heavy atom. The van der Waals surface area contributed by atoms with E-state index in [1.165, 1.54) is 0 Å². The minimum atomic E-state index is 0.378. The normalized spacial score (nSPS) is 15.1. The Bertz CT molecular complexity index is 368. The van der Waals surface area contributed by atoms with Crippen molar-refractivity contribution >= 4 is 22.6 Å². The lowest BCUT2D eigenvalue weighted by Crippen LogP contribution is -1.99. The van der Waals surface area contributed by atoms with E-state index in [2.05, 4.69) is 27.6 Å². The molecule has 4 heteroatoms. The summed E-state index contributed by atoms with van der Waals surface area (Å²) < 4.78 is 6.53. The average Bonchev–Trinajstić information content (AvgIpc) is 2.92. The summed E-state index contributed by atoms with van der Waals surface area (Å²) in [6.45, 7) is 0. The van der Waals surface area contributed by atoms with Crippen LogP contribution in [-0.2, 0) is 0 Å². The molecule has 1 aromatic rings. The molecule has 13 heavy (non-hydrogen) atoms. The Morgan fingerprint density at radius 3 is 2.92 bits per heavy atom. The van der Waals surface area contributed by atoms with E-state index in [0.717, 1.165) is 22.2 Å². The van der Waals surface area contributed by atoms with Crippen molar-refractivity contribution in [2.75, 3.05) is 0 Å². The molecule has 0 amide bonds. The first-order valence-corrected chi connectivity index (χ1v) is 5.10. The maximum atomic E-state index is 8.59. The Hall–Kier alpha value is -0.830. The molecule has 3 nitrogen and oxygen atoms in total. The number of hydrogen-bond acceptors (Lipinski definition) is 3. The van der Waals surface area contributed by atoms with Crippen LogP contribution in [-0.4, -0.2) is 11.1 Å². The number of rotatable bonds is 2. The maximum Gasteiger partial charge on any atom is 0.151 e. The molecule has 2 rings (SSSR count). The number of ether oxygens (including phenoxy) is 1. The highest BCUT2D eigenvalue weighted by molar-refractivity contribution is 14.1. The molecule has 0 N–H and O–H groups in total. The van der Waals surface area contributed by atoms with Crippen molar-refractivity contribution in [3.63, 3.8) is 0 Å². The second kappa shape index (κ2) is 3.50. The van der Waals surface area contributed by atoms with E-state index in [4.69, 9.17) is 10.00 Å². The van der Waals surface area contributed by atoms with Crippen molar-refractivity contribution < 1.29 is 4.74 Å². The lowest BCUT2D eigenvalue weighted by Gasteiger charge is -2.05. The summed E-state index contributed by atoms with van der Waals surface area (Å²) in [7, 11) is 0. The third kappa shape index (κ3) is 2.10. The molecule has 1 aliphatic carbocycles. The van der Waals surface area contributed by atoms with Crippen LogP contribution in [0.3, 0.4) is 0 Å². The van der Waals surface area contributed by atoms with Crippen LogP contribution in [0, 0.1) is 14.9 Å². The molecule has 1 aromatic heterocycles. The van der Waals surface area contributed by atoms with Gasteiger partial charge in [0.2, 0.25) is 0 Å². The second-order valence-electron chi connectivity index (χ2n) is 2.93. The summed E-state index contributed by atoms with van der Waals surface area (Å²) in [6, 6.07) is 3.73. The minimum absolute atomic E-state index is 0.378. The highest BCUT2D eigenvalue weighted by Crippen LogP contribution is 2.29. The monoisotopic (exact) mass is 286 g/mol. The number of nitrogens with zero attached hydrogens (tertiary/aromatic N) is 2. The van der Waals surface area contributed by atoms with Gasteiger partial charge in [0.1, 0.15) is 11.8 Å². The Morgan fingerprint density at radius 1 is 1.62 bits per heavy atom. The van der Waals surface area contributed by atoms with Crippen molar-refractivity contribution in [2.45, 2.75) is 18.9 Å². The third-order valence-electron chi connectivity index (χ3n) is 1.75. The zero-order valence-electron chi connectivity index (χ0n) is 6.83. The van der Waals surface area contributed by atoms with Crippen molar-refractivity contribution in [3.05, 3.63) is 21.5 Å². The van der Waals surface area contributed by atoms with E-state index in [1.807, 2.05) is 6.07 Å². The highest BCUT2D eigenvalue weighted by Gasteiger charge is 2.24. The lowest BCUT2D eigenvalue weighted by molar-refractivity contribution is 0.299. The zero-order valence-corrected chi connectivity index (χ0v) is 8.98. The van der Waals surface area contributed by atoms with E-state index < -0.39 is 0 Å². The fourth-order valence-electron chi connectivity index (χ4n) is 0.932. The molecular formula is C9H7IN2O. The first-order chi connectivity index (χ1) is 6.29. The number of aromatic nitrogens is 1. The fraction of sp³-hybridized carbons (Fsp3) is 0.333. The number of halogens is 1. The van der Waals surface area contributed by atoms with Crippen LogP contribution >= 0.6 is 22.6 Å². The molecule has 0 spiro atoms. The van der Waals surface area contributed by atoms with Gasteiger partial charge in [0.15, 0.2) is 5.75 Å². The van der Waals surface area contributed by atoms with E-state index in [0.29, 0.717) is 11.8 Å². The van der Waals surface area contributed by atoms with Crippen molar-refractivity contribution in [3.8, 4) is 11.8 Å². The molecule has 66 valence electrons. The Labute approximate surface area is 89.9 Å². The molecule has 1 heterocycles. The SMILES string of the molecule is N#Cc1cc(I)c(OC2CC2)cn1. The van der Waals surface area contributed by atoms with Crippen LogP contribution in [0.4, 0.5) is 0 Å². The van der Waals surface area contributed by atoms with Crippen LogP contribution in [0.5, 0.6) is 5.75 Å². The first kappa shape index (κ1) is 8.75. The molecule has 0 unspecified atom stereocenters. The topological polar surface area (TPSA) is 45.9 Å². The van der Waals surface area contributed by atoms with Gasteiger partial charge in [0, 0.05) is 0 Å². The molecule has 1 saturated carbocycles. The molecular weight excluding hydrogens is 279 g/mol. The Kier molecular flexibility index (Phi) is 2.36. The summed E-state index contributed by atoms with van der Waals surface area (Å²) in [5.41, 5.74) is 0.438. The van der Waals surface area contributed by atoms with Gasteiger partial charge < -0.3 is 4.74 Å². The molecule has 1 fully saturated rings. The summed E-state index contributed by atoms with van der Waals surface area (Å²) in [5.74, 6) is 0.794. The Balaban J connectivity index is 2.21. The quantitative estimate of drug-likeness (QED) is 0.782. The van der Waals surface area contributed by atoms with E-state index in [-0.39, 0.29) is 0 Å². The van der Waals surface area contributed by atoms with Crippen LogP contribution in [0.15, 0.2) is 12.3 Å². The van der Waals surface area contributed by atoms with Crippen molar-refractivity contribution in [1.29, 1.82) is 5.26 Å². The lowest BCUT2D eigenvalue weighted by atomic mass is 10.4. The van der Waals surface area contributed by atoms with Crippen LogP contribution < -0.4 is 4.74 Å². The van der Waals surface area contributed by atoms with Gasteiger partial charge in [-0.2, -0.15) is 5.26 Å². The standard InChI is InChI=1S/C9H7IN2O/c10-8-3-6(4-11)12-5-9(8)13-7-1-2-7/h3,5,7H,1-2H2. The molecule has 0 saturated heterocycles. The van der Waals surface area contributed by atoms with Gasteiger partial charge >= 0.3 is 0 Å². The van der Waals surface area contributed by atoms with Crippen LogP contribution in [0.2, 0.25) is 0 Å². The second-order valence-corrected chi connectivity index (χ2v) is 4.09. The van der Waals surface area contributed by atoms with E-state index in [9.17, 15) is 0 Å². The predicted molar refractivity (Wildman–Crippen MR) is 55.3 cm³/mol. The van der Waals surface area contributed by atoms with Gasteiger partial charge in [-0.25, -0.2) is 4.98 Å². The summed E-state index contributed by atoms with van der Waals surface area (Å²) in [4.78, 5) is 3.95. The average molecular weight is 286 g/mol. The number of nitriles is 1. The first-order valence-electron chi connectivity index (χ1n) is 4.02. The smallest absolute Gasteiger partial charge is 0.151 e. The van der Waals surface area contributed by atoms with E-state index >= 15 is 0 Å². The summed E-state index contributed by atoms with van der Waals surface area (Å²) >= 11 is 2.15. The molecule has 1 aliphatic rings. The van der Waals surface area contributed by atoms with Crippen LogP contribution in [0.1, 0.15) is 18.5 Å². The molecule has 0 aromatic carbocycles. The number of pyridine rings is 1. The summed E-state index contributed by atoms with van der Waals surface area (Å²) in [6.07, 6.45) is 4.27. The molecule has 0 radical (unpaired) electrons. The molecule has 0 atom stereocenters. The van der Waals surface area contributed by atoms with Crippen molar-refractivity contribution in [2.24, 2.45) is 0 Å². The van der Waals surface area contributed by atoms with Gasteiger partial charge in [0.05, 0.1) is 15.9 Å².